The van der Waals surface area contributed by atoms with Crippen molar-refractivity contribution in [3.05, 3.63) is 48.2 Å². The standard InChI is InChI=1S/C20H22N2O4/c1-13-4-5-14(10-18(13)23)22-16-6-7-21-17-12-20(26-9-8-24-2)19(25-3)11-15(16)17/h4-7,10-12,23H,8-9H2,1-3H3,(H,21,22). The van der Waals surface area contributed by atoms with Crippen LogP contribution in [0.4, 0.5) is 11.4 Å². The molecule has 3 rings (SSSR count). The minimum absolute atomic E-state index is 0.250. The topological polar surface area (TPSA) is 72.8 Å². The van der Waals surface area contributed by atoms with Crippen molar-refractivity contribution >= 4 is 22.3 Å². The van der Waals surface area contributed by atoms with E-state index in [9.17, 15) is 5.11 Å². The molecule has 0 aliphatic carbocycles. The molecule has 0 atom stereocenters. The third kappa shape index (κ3) is 3.81. The number of benzene rings is 2. The summed E-state index contributed by atoms with van der Waals surface area (Å²) in [4.78, 5) is 4.42. The molecule has 2 N–H and O–H groups in total. The summed E-state index contributed by atoms with van der Waals surface area (Å²) in [5.74, 6) is 1.49. The number of fused-ring (bicyclic) bond motifs is 1. The zero-order valence-corrected chi connectivity index (χ0v) is 15.1. The molecule has 0 bridgehead atoms. The number of nitrogens with one attached hydrogen (secondary N) is 1. The van der Waals surface area contributed by atoms with E-state index in [2.05, 4.69) is 10.3 Å². The largest absolute Gasteiger partial charge is 0.508 e. The van der Waals surface area contributed by atoms with Gasteiger partial charge in [-0.15, -0.1) is 0 Å². The molecule has 0 aliphatic rings. The molecule has 0 fully saturated rings. The van der Waals surface area contributed by atoms with Gasteiger partial charge in [0.15, 0.2) is 11.5 Å². The fourth-order valence-electron chi connectivity index (χ4n) is 2.61. The summed E-state index contributed by atoms with van der Waals surface area (Å²) < 4.78 is 16.2. The van der Waals surface area contributed by atoms with Crippen LogP contribution in [0, 0.1) is 6.92 Å². The van der Waals surface area contributed by atoms with Crippen LogP contribution in [0.3, 0.4) is 0 Å². The van der Waals surface area contributed by atoms with Gasteiger partial charge in [0.05, 0.1) is 19.2 Å². The van der Waals surface area contributed by atoms with Gasteiger partial charge < -0.3 is 24.6 Å². The summed E-state index contributed by atoms with van der Waals surface area (Å²) in [6, 6.07) is 11.1. The molecule has 136 valence electrons. The van der Waals surface area contributed by atoms with Crippen LogP contribution in [0.2, 0.25) is 0 Å². The number of rotatable bonds is 7. The number of pyridine rings is 1. The Morgan fingerprint density at radius 1 is 1.04 bits per heavy atom. The van der Waals surface area contributed by atoms with Crippen molar-refractivity contribution < 1.29 is 19.3 Å². The highest BCUT2D eigenvalue weighted by atomic mass is 16.5. The number of hydrogen-bond acceptors (Lipinski definition) is 6. The van der Waals surface area contributed by atoms with Crippen LogP contribution in [0.25, 0.3) is 10.9 Å². The van der Waals surface area contributed by atoms with E-state index < -0.39 is 0 Å². The summed E-state index contributed by atoms with van der Waals surface area (Å²) in [5.41, 5.74) is 3.26. The number of ether oxygens (including phenoxy) is 3. The van der Waals surface area contributed by atoms with Crippen molar-refractivity contribution in [1.29, 1.82) is 0 Å². The molecule has 0 amide bonds. The first-order valence-electron chi connectivity index (χ1n) is 8.27. The first kappa shape index (κ1) is 17.8. The van der Waals surface area contributed by atoms with Crippen LogP contribution in [0.5, 0.6) is 17.2 Å². The van der Waals surface area contributed by atoms with Crippen LogP contribution in [0.15, 0.2) is 42.6 Å². The number of methoxy groups -OCH3 is 2. The van der Waals surface area contributed by atoms with Crippen LogP contribution in [0.1, 0.15) is 5.56 Å². The van der Waals surface area contributed by atoms with Gasteiger partial charge in [0, 0.05) is 42.2 Å². The lowest BCUT2D eigenvalue weighted by Gasteiger charge is -2.14. The first-order chi connectivity index (χ1) is 12.6. The molecule has 0 spiro atoms. The highest BCUT2D eigenvalue weighted by Crippen LogP contribution is 2.36. The number of nitrogens with zero attached hydrogens (tertiary/aromatic N) is 1. The van der Waals surface area contributed by atoms with E-state index in [0.29, 0.717) is 24.7 Å². The van der Waals surface area contributed by atoms with Gasteiger partial charge in [0.2, 0.25) is 0 Å². The van der Waals surface area contributed by atoms with Crippen molar-refractivity contribution in [3.8, 4) is 17.2 Å². The van der Waals surface area contributed by atoms with E-state index in [1.165, 1.54) is 0 Å². The Morgan fingerprint density at radius 2 is 1.88 bits per heavy atom. The summed E-state index contributed by atoms with van der Waals surface area (Å²) in [5, 5.41) is 14.1. The predicted octanol–water partition coefficient (Wildman–Crippen LogP) is 4.03. The maximum absolute atomic E-state index is 9.91. The van der Waals surface area contributed by atoms with Gasteiger partial charge >= 0.3 is 0 Å². The lowest BCUT2D eigenvalue weighted by Crippen LogP contribution is -2.05. The summed E-state index contributed by atoms with van der Waals surface area (Å²) in [7, 11) is 3.23. The summed E-state index contributed by atoms with van der Waals surface area (Å²) in [6.07, 6.45) is 1.73. The van der Waals surface area contributed by atoms with E-state index in [1.807, 2.05) is 37.3 Å². The fraction of sp³-hybridized carbons (Fsp3) is 0.250. The Bertz CT molecular complexity index is 912. The average molecular weight is 354 g/mol. The number of anilines is 2. The molecule has 3 aromatic rings. The van der Waals surface area contributed by atoms with Crippen LogP contribution >= 0.6 is 0 Å². The second kappa shape index (κ2) is 7.93. The normalized spacial score (nSPS) is 10.7. The molecule has 6 heteroatoms. The van der Waals surface area contributed by atoms with Crippen molar-refractivity contribution in [2.24, 2.45) is 0 Å². The Labute approximate surface area is 152 Å². The molecule has 0 aliphatic heterocycles. The minimum atomic E-state index is 0.250. The number of phenols is 1. The van der Waals surface area contributed by atoms with Crippen LogP contribution < -0.4 is 14.8 Å². The second-order valence-electron chi connectivity index (χ2n) is 5.85. The summed E-state index contributed by atoms with van der Waals surface area (Å²) >= 11 is 0. The van der Waals surface area contributed by atoms with Crippen LogP contribution in [-0.4, -0.2) is 37.5 Å². The second-order valence-corrected chi connectivity index (χ2v) is 5.85. The maximum atomic E-state index is 9.91. The molecule has 0 saturated carbocycles. The van der Waals surface area contributed by atoms with E-state index >= 15 is 0 Å². The zero-order valence-electron chi connectivity index (χ0n) is 15.1. The SMILES string of the molecule is COCCOc1cc2nccc(Nc3ccc(C)c(O)c3)c2cc1OC. The molecule has 26 heavy (non-hydrogen) atoms. The van der Waals surface area contributed by atoms with Crippen LogP contribution in [-0.2, 0) is 4.74 Å². The van der Waals surface area contributed by atoms with Crippen molar-refractivity contribution in [2.75, 3.05) is 32.8 Å². The van der Waals surface area contributed by atoms with E-state index in [-0.39, 0.29) is 5.75 Å². The first-order valence-corrected chi connectivity index (χ1v) is 8.27. The monoisotopic (exact) mass is 354 g/mol. The van der Waals surface area contributed by atoms with E-state index in [1.54, 1.807) is 26.5 Å². The lowest BCUT2D eigenvalue weighted by molar-refractivity contribution is 0.144. The fourth-order valence-corrected chi connectivity index (χ4v) is 2.61. The summed E-state index contributed by atoms with van der Waals surface area (Å²) in [6.45, 7) is 2.78. The molecule has 1 heterocycles. The lowest BCUT2D eigenvalue weighted by atomic mass is 10.1. The number of aromatic nitrogens is 1. The van der Waals surface area contributed by atoms with Gasteiger partial charge in [0.25, 0.3) is 0 Å². The van der Waals surface area contributed by atoms with E-state index in [4.69, 9.17) is 14.2 Å². The minimum Gasteiger partial charge on any atom is -0.508 e. The Morgan fingerprint density at radius 3 is 2.62 bits per heavy atom. The Balaban J connectivity index is 1.97. The third-order valence-corrected chi connectivity index (χ3v) is 4.06. The van der Waals surface area contributed by atoms with Gasteiger partial charge in [0.1, 0.15) is 12.4 Å². The van der Waals surface area contributed by atoms with Crippen molar-refractivity contribution in [3.63, 3.8) is 0 Å². The molecule has 0 saturated heterocycles. The molecular formula is C20H22N2O4. The molecule has 2 aromatic carbocycles. The maximum Gasteiger partial charge on any atom is 0.163 e. The van der Waals surface area contributed by atoms with Crippen molar-refractivity contribution in [2.45, 2.75) is 6.92 Å². The number of hydrogen-bond donors (Lipinski definition) is 2. The highest BCUT2D eigenvalue weighted by Gasteiger charge is 2.11. The molecule has 1 aromatic heterocycles. The van der Waals surface area contributed by atoms with E-state index in [0.717, 1.165) is 27.8 Å². The molecule has 6 nitrogen and oxygen atoms in total. The zero-order chi connectivity index (χ0) is 18.5. The Hall–Kier alpha value is -2.99. The molecule has 0 radical (unpaired) electrons. The Kier molecular flexibility index (Phi) is 5.43. The highest BCUT2D eigenvalue weighted by molar-refractivity contribution is 5.95. The van der Waals surface area contributed by atoms with Gasteiger partial charge in [-0.25, -0.2) is 0 Å². The number of phenolic OH excluding ortho intramolecular Hbond substituents is 1. The predicted molar refractivity (Wildman–Crippen MR) is 102 cm³/mol. The number of aromatic hydroxyl groups is 1. The molecular weight excluding hydrogens is 332 g/mol. The van der Waals surface area contributed by atoms with Gasteiger partial charge in [-0.3, -0.25) is 4.98 Å². The quantitative estimate of drug-likeness (QED) is 0.624. The smallest absolute Gasteiger partial charge is 0.163 e. The van der Waals surface area contributed by atoms with Gasteiger partial charge in [-0.1, -0.05) is 6.07 Å². The average Bonchev–Trinajstić information content (AvgIpc) is 2.64. The molecule has 0 unspecified atom stereocenters. The van der Waals surface area contributed by atoms with Gasteiger partial charge in [-0.05, 0) is 30.7 Å². The number of aryl methyl sites for hydroxylation is 1. The van der Waals surface area contributed by atoms with Crippen molar-refractivity contribution in [1.82, 2.24) is 4.98 Å². The van der Waals surface area contributed by atoms with Gasteiger partial charge in [-0.2, -0.15) is 0 Å². The third-order valence-electron chi connectivity index (χ3n) is 4.06.